The maximum atomic E-state index is 11.4. The fraction of sp³-hybridized carbons (Fsp3) is 0.529. The topological polar surface area (TPSA) is 89.2 Å². The highest BCUT2D eigenvalue weighted by Gasteiger charge is 2.30. The Morgan fingerprint density at radius 3 is 2.49 bits per heavy atom. The molecule has 7 heteroatoms. The molecular formula is C34H50N4O3. The van der Waals surface area contributed by atoms with Gasteiger partial charge >= 0.3 is 0 Å². The molecule has 2 aromatic rings. The number of primary amides is 1. The first kappa shape index (κ1) is 32.2. The number of nitrogens with one attached hydrogen (secondary N) is 1. The molecule has 2 unspecified atom stereocenters. The second-order valence-corrected chi connectivity index (χ2v) is 11.8. The average Bonchev–Trinajstić information content (AvgIpc) is 2.91. The zero-order chi connectivity index (χ0) is 30.1. The molecule has 7 nitrogen and oxygen atoms in total. The molecule has 224 valence electrons. The first-order valence-electron chi connectivity index (χ1n) is 15.0. The molecule has 2 atom stereocenters. The second kappa shape index (κ2) is 15.1. The van der Waals surface area contributed by atoms with Gasteiger partial charge in [-0.05, 0) is 81.2 Å². The zero-order valence-electron chi connectivity index (χ0n) is 26.3. The van der Waals surface area contributed by atoms with E-state index in [1.54, 1.807) is 7.11 Å². The van der Waals surface area contributed by atoms with Gasteiger partial charge in [0.1, 0.15) is 30.1 Å². The van der Waals surface area contributed by atoms with Gasteiger partial charge in [0.2, 0.25) is 5.91 Å². The summed E-state index contributed by atoms with van der Waals surface area (Å²) in [5, 5.41) is 3.58. The molecule has 0 saturated carbocycles. The van der Waals surface area contributed by atoms with Crippen molar-refractivity contribution in [1.29, 1.82) is 0 Å². The maximum Gasteiger partial charge on any atom is 0.217 e. The molecule has 0 bridgehead atoms. The fourth-order valence-electron chi connectivity index (χ4n) is 5.33. The number of hydrogen-bond donors (Lipinski definition) is 2. The van der Waals surface area contributed by atoms with Gasteiger partial charge in [-0.3, -0.25) is 9.69 Å². The van der Waals surface area contributed by atoms with E-state index < -0.39 is 0 Å². The number of aryl methyl sites for hydroxylation is 2. The Morgan fingerprint density at radius 2 is 1.83 bits per heavy atom. The molecule has 1 aliphatic rings. The molecule has 3 N–H and O–H groups in total. The predicted molar refractivity (Wildman–Crippen MR) is 169 cm³/mol. The first-order chi connectivity index (χ1) is 19.5. The zero-order valence-corrected chi connectivity index (χ0v) is 26.3. The van der Waals surface area contributed by atoms with E-state index in [1.165, 1.54) is 5.56 Å². The number of methoxy groups -OCH3 is 1. The van der Waals surface area contributed by atoms with Gasteiger partial charge in [-0.2, -0.15) is 0 Å². The normalized spacial score (nSPS) is 16.0. The summed E-state index contributed by atoms with van der Waals surface area (Å²) in [5.41, 5.74) is 12.1. The number of carbonyl (C=O) groups is 1. The third-order valence-electron chi connectivity index (χ3n) is 7.77. The Balaban J connectivity index is 1.95. The van der Waals surface area contributed by atoms with Gasteiger partial charge in [-0.25, -0.2) is 4.99 Å². The summed E-state index contributed by atoms with van der Waals surface area (Å²) in [7, 11) is 1.70. The number of allylic oxidation sites excluding steroid dienone is 1. The molecule has 1 aliphatic heterocycles. The molecule has 0 saturated heterocycles. The van der Waals surface area contributed by atoms with Gasteiger partial charge in [0.25, 0.3) is 0 Å². The van der Waals surface area contributed by atoms with E-state index in [9.17, 15) is 4.79 Å². The number of amides is 1. The quantitative estimate of drug-likeness (QED) is 0.260. The lowest BCUT2D eigenvalue weighted by Crippen LogP contribution is -2.45. The van der Waals surface area contributed by atoms with Gasteiger partial charge in [0.05, 0.1) is 12.7 Å². The molecule has 0 spiro atoms. The van der Waals surface area contributed by atoms with Crippen molar-refractivity contribution in [3.63, 3.8) is 0 Å². The van der Waals surface area contributed by atoms with Crippen LogP contribution < -0.4 is 20.5 Å². The van der Waals surface area contributed by atoms with Crippen LogP contribution in [0.3, 0.4) is 0 Å². The van der Waals surface area contributed by atoms with Crippen LogP contribution in [0.2, 0.25) is 0 Å². The number of aliphatic imine (C=N–C) groups is 1. The van der Waals surface area contributed by atoms with Crippen molar-refractivity contribution in [3.05, 3.63) is 69.9 Å². The van der Waals surface area contributed by atoms with Crippen molar-refractivity contribution in [1.82, 2.24) is 10.2 Å². The Bertz CT molecular complexity index is 1250. The summed E-state index contributed by atoms with van der Waals surface area (Å²) in [6.45, 7) is 17.2. The first-order valence-corrected chi connectivity index (χ1v) is 15.0. The van der Waals surface area contributed by atoms with Gasteiger partial charge in [0, 0.05) is 30.8 Å². The molecule has 1 amide bonds. The van der Waals surface area contributed by atoms with E-state index in [-0.39, 0.29) is 18.0 Å². The van der Waals surface area contributed by atoms with Crippen LogP contribution in [-0.2, 0) is 4.79 Å². The van der Waals surface area contributed by atoms with E-state index in [2.05, 4.69) is 89.0 Å². The molecule has 1 heterocycles. The van der Waals surface area contributed by atoms with Crippen LogP contribution in [0, 0.1) is 19.8 Å². The summed E-state index contributed by atoms with van der Waals surface area (Å²) in [5.74, 6) is 2.95. The highest BCUT2D eigenvalue weighted by molar-refractivity contribution is 6.03. The lowest BCUT2D eigenvalue weighted by Gasteiger charge is -2.35. The Labute approximate surface area is 247 Å². The maximum absolute atomic E-state index is 11.4. The standard InChI is InChI=1S/C34H50N4O3/c1-9-16-38(17-10-11-23(4)19-32(35)39)34-29(21-41-31-20-27(22(2)3)14-13-25(31)6)26(7)36-33(37-34)28-18-24(5)12-15-30(28)40-8/h12-15,18,20,22-23,34H,9-11,16-17,19,21H2,1-8H3,(H2,35,39)(H,36,37). The van der Waals surface area contributed by atoms with E-state index >= 15 is 0 Å². The van der Waals surface area contributed by atoms with E-state index in [4.69, 9.17) is 20.2 Å². The fourth-order valence-corrected chi connectivity index (χ4v) is 5.33. The monoisotopic (exact) mass is 562 g/mol. The van der Waals surface area contributed by atoms with Crippen LogP contribution >= 0.6 is 0 Å². The molecule has 0 fully saturated rings. The lowest BCUT2D eigenvalue weighted by molar-refractivity contribution is -0.118. The lowest BCUT2D eigenvalue weighted by atomic mass is 10.0. The van der Waals surface area contributed by atoms with Crippen molar-refractivity contribution < 1.29 is 14.3 Å². The minimum atomic E-state index is -0.238. The van der Waals surface area contributed by atoms with Crippen molar-refractivity contribution >= 4 is 11.7 Å². The molecular weight excluding hydrogens is 512 g/mol. The molecule has 2 aromatic carbocycles. The van der Waals surface area contributed by atoms with Crippen LogP contribution in [0.15, 0.2) is 52.7 Å². The molecule has 0 radical (unpaired) electrons. The SMILES string of the molecule is CCCN(CCCC(C)CC(N)=O)C1N=C(c2cc(C)ccc2OC)NC(C)=C1COc1cc(C(C)C)ccc1C. The van der Waals surface area contributed by atoms with Gasteiger partial charge in [0.15, 0.2) is 0 Å². The molecule has 0 aromatic heterocycles. The summed E-state index contributed by atoms with van der Waals surface area (Å²) in [6.07, 6.45) is 3.13. The Kier molecular flexibility index (Phi) is 11.8. The number of rotatable bonds is 15. The number of nitrogens with two attached hydrogens (primary N) is 1. The Hall–Kier alpha value is -3.32. The highest BCUT2D eigenvalue weighted by atomic mass is 16.5. The smallest absolute Gasteiger partial charge is 0.217 e. The van der Waals surface area contributed by atoms with Gasteiger partial charge in [-0.15, -0.1) is 0 Å². The molecule has 41 heavy (non-hydrogen) atoms. The summed E-state index contributed by atoms with van der Waals surface area (Å²) in [6, 6.07) is 12.6. The number of nitrogens with zero attached hydrogens (tertiary/aromatic N) is 2. The van der Waals surface area contributed by atoms with Gasteiger partial charge < -0.3 is 20.5 Å². The third-order valence-corrected chi connectivity index (χ3v) is 7.77. The Morgan fingerprint density at radius 1 is 1.07 bits per heavy atom. The number of carbonyl (C=O) groups excluding carboxylic acids is 1. The van der Waals surface area contributed by atoms with Crippen molar-refractivity contribution in [2.24, 2.45) is 16.6 Å². The van der Waals surface area contributed by atoms with Crippen molar-refractivity contribution in [3.8, 4) is 11.5 Å². The van der Waals surface area contributed by atoms with Crippen LogP contribution in [0.4, 0.5) is 0 Å². The number of amidine groups is 1. The highest BCUT2D eigenvalue weighted by Crippen LogP contribution is 2.29. The number of hydrogen-bond acceptors (Lipinski definition) is 6. The van der Waals surface area contributed by atoms with Crippen LogP contribution in [-0.4, -0.2) is 49.6 Å². The summed E-state index contributed by atoms with van der Waals surface area (Å²) < 4.78 is 12.2. The summed E-state index contributed by atoms with van der Waals surface area (Å²) in [4.78, 5) is 19.2. The average molecular weight is 563 g/mol. The third kappa shape index (κ3) is 8.83. The molecule has 3 rings (SSSR count). The van der Waals surface area contributed by atoms with Crippen molar-refractivity contribution in [2.45, 2.75) is 86.2 Å². The van der Waals surface area contributed by atoms with Crippen LogP contribution in [0.5, 0.6) is 11.5 Å². The minimum Gasteiger partial charge on any atom is -0.496 e. The number of ether oxygens (including phenoxy) is 2. The van der Waals surface area contributed by atoms with E-state index in [0.29, 0.717) is 18.9 Å². The van der Waals surface area contributed by atoms with Crippen LogP contribution in [0.1, 0.15) is 88.5 Å². The second-order valence-electron chi connectivity index (χ2n) is 11.8. The van der Waals surface area contributed by atoms with E-state index in [1.807, 2.05) is 6.07 Å². The summed E-state index contributed by atoms with van der Waals surface area (Å²) >= 11 is 0. The van der Waals surface area contributed by atoms with E-state index in [0.717, 1.165) is 77.6 Å². The largest absolute Gasteiger partial charge is 0.496 e. The van der Waals surface area contributed by atoms with Crippen molar-refractivity contribution in [2.75, 3.05) is 26.8 Å². The molecule has 0 aliphatic carbocycles. The number of benzene rings is 2. The van der Waals surface area contributed by atoms with Crippen LogP contribution in [0.25, 0.3) is 0 Å². The predicted octanol–water partition coefficient (Wildman–Crippen LogP) is 6.47. The minimum absolute atomic E-state index is 0.184. The van der Waals surface area contributed by atoms with Gasteiger partial charge in [-0.1, -0.05) is 51.5 Å².